The molecule has 1 aromatic rings. The van der Waals surface area contributed by atoms with E-state index in [1.807, 2.05) is 17.0 Å². The van der Waals surface area contributed by atoms with E-state index in [0.717, 1.165) is 23.4 Å². The number of benzene rings is 1. The van der Waals surface area contributed by atoms with Crippen LogP contribution in [-0.4, -0.2) is 58.9 Å². The van der Waals surface area contributed by atoms with Crippen LogP contribution in [0.15, 0.2) is 30.9 Å². The van der Waals surface area contributed by atoms with Gasteiger partial charge in [-0.2, -0.15) is 0 Å². The molecular weight excluding hydrogens is 386 g/mol. The van der Waals surface area contributed by atoms with Crippen molar-refractivity contribution in [3.63, 3.8) is 0 Å². The van der Waals surface area contributed by atoms with E-state index in [1.54, 1.807) is 4.90 Å². The number of nitrogens with one attached hydrogen (secondary N) is 1. The Morgan fingerprint density at radius 3 is 2.55 bits per heavy atom. The molecule has 1 unspecified atom stereocenters. The maximum Gasteiger partial charge on any atom is 0.318 e. The number of aliphatic hydroxyl groups excluding tert-OH is 1. The van der Waals surface area contributed by atoms with Crippen LogP contribution in [0.1, 0.15) is 43.7 Å². The zero-order valence-electron chi connectivity index (χ0n) is 16.9. The molecule has 2 aliphatic carbocycles. The smallest absolute Gasteiger partial charge is 0.318 e. The predicted octanol–water partition coefficient (Wildman–Crippen LogP) is 3.11. The number of rotatable bonds is 4. The van der Waals surface area contributed by atoms with Crippen LogP contribution in [0.2, 0.25) is 5.02 Å². The first kappa shape index (κ1) is 20.3. The van der Waals surface area contributed by atoms with Gasteiger partial charge in [0.2, 0.25) is 0 Å². The van der Waals surface area contributed by atoms with Crippen LogP contribution < -0.4 is 5.32 Å². The average molecular weight is 414 g/mol. The summed E-state index contributed by atoms with van der Waals surface area (Å²) >= 11 is 6.38. The molecule has 6 heteroatoms. The van der Waals surface area contributed by atoms with Gasteiger partial charge in [0.25, 0.3) is 0 Å². The minimum absolute atomic E-state index is 0.0770. The fraction of sp³-hybridized carbons (Fsp3) is 0.522. The van der Waals surface area contributed by atoms with E-state index in [4.69, 9.17) is 11.6 Å². The summed E-state index contributed by atoms with van der Waals surface area (Å²) in [6, 6.07) is 5.91. The molecule has 5 nitrogen and oxygen atoms in total. The Kier molecular flexibility index (Phi) is 5.37. The Morgan fingerprint density at radius 1 is 1.28 bits per heavy atom. The van der Waals surface area contributed by atoms with Crippen molar-refractivity contribution in [3.8, 4) is 11.8 Å². The van der Waals surface area contributed by atoms with Crippen molar-refractivity contribution >= 4 is 17.6 Å². The number of aliphatic hydroxyl groups is 1. The van der Waals surface area contributed by atoms with E-state index in [2.05, 4.69) is 36.7 Å². The molecule has 3 fully saturated rings. The highest BCUT2D eigenvalue weighted by Gasteiger charge is 2.44. The van der Waals surface area contributed by atoms with Gasteiger partial charge < -0.3 is 15.3 Å². The monoisotopic (exact) mass is 413 g/mol. The molecule has 0 radical (unpaired) electrons. The van der Waals surface area contributed by atoms with E-state index >= 15 is 0 Å². The molecule has 2 amide bonds. The standard InChI is InChI=1S/C23H28ClN3O2/c1-3-20(28)26-12-14-27(15-13-26)21(29)25-23(10-11-23)7-6-17-4-5-19(24)18(16-17)22(2)8-9-22/h3-5,16,20,28H,1,8-15H2,2H3,(H,25,29). The summed E-state index contributed by atoms with van der Waals surface area (Å²) in [5, 5.41) is 13.8. The highest BCUT2D eigenvalue weighted by Crippen LogP contribution is 2.50. The Bertz CT molecular complexity index is 872. The summed E-state index contributed by atoms with van der Waals surface area (Å²) in [6.45, 7) is 8.28. The molecule has 0 spiro atoms. The van der Waals surface area contributed by atoms with E-state index in [0.29, 0.717) is 26.2 Å². The lowest BCUT2D eigenvalue weighted by Crippen LogP contribution is -2.55. The molecule has 0 aromatic heterocycles. The van der Waals surface area contributed by atoms with Crippen molar-refractivity contribution in [2.45, 2.75) is 49.8 Å². The van der Waals surface area contributed by atoms with E-state index < -0.39 is 11.8 Å². The lowest BCUT2D eigenvalue weighted by Gasteiger charge is -2.36. The van der Waals surface area contributed by atoms with Gasteiger partial charge in [-0.25, -0.2) is 4.79 Å². The van der Waals surface area contributed by atoms with Gasteiger partial charge in [-0.05, 0) is 60.9 Å². The van der Waals surface area contributed by atoms with Gasteiger partial charge in [-0.15, -0.1) is 0 Å². The summed E-state index contributed by atoms with van der Waals surface area (Å²) in [7, 11) is 0. The van der Waals surface area contributed by atoms with Gasteiger partial charge in [0.1, 0.15) is 11.8 Å². The van der Waals surface area contributed by atoms with Crippen LogP contribution in [0.5, 0.6) is 0 Å². The third-order valence-corrected chi connectivity index (χ3v) is 6.67. The number of carbonyl (C=O) groups excluding carboxylic acids is 1. The zero-order valence-corrected chi connectivity index (χ0v) is 17.6. The number of halogens is 1. The summed E-state index contributed by atoms with van der Waals surface area (Å²) in [5.41, 5.74) is 1.91. The van der Waals surface area contributed by atoms with Gasteiger partial charge in [-0.3, -0.25) is 4.90 Å². The van der Waals surface area contributed by atoms with Gasteiger partial charge >= 0.3 is 6.03 Å². The number of amides is 2. The molecule has 2 saturated carbocycles. The molecular formula is C23H28ClN3O2. The largest absolute Gasteiger partial charge is 0.375 e. The fourth-order valence-electron chi connectivity index (χ4n) is 3.74. The normalized spacial score (nSPS) is 22.8. The number of carbonyl (C=O) groups is 1. The maximum atomic E-state index is 12.7. The van der Waals surface area contributed by atoms with Crippen LogP contribution in [0, 0.1) is 11.8 Å². The first-order valence-corrected chi connectivity index (χ1v) is 10.7. The molecule has 4 rings (SSSR count). The highest BCUT2D eigenvalue weighted by molar-refractivity contribution is 6.31. The third kappa shape index (κ3) is 4.45. The van der Waals surface area contributed by atoms with Crippen LogP contribution in [0.4, 0.5) is 4.79 Å². The number of nitrogens with zero attached hydrogens (tertiary/aromatic N) is 2. The lowest BCUT2D eigenvalue weighted by atomic mass is 9.96. The minimum Gasteiger partial charge on any atom is -0.375 e. The second-order valence-electron chi connectivity index (χ2n) is 8.69. The Balaban J connectivity index is 1.38. The third-order valence-electron chi connectivity index (χ3n) is 6.35. The van der Waals surface area contributed by atoms with Crippen LogP contribution >= 0.6 is 11.6 Å². The van der Waals surface area contributed by atoms with Gasteiger partial charge in [0.15, 0.2) is 0 Å². The quantitative estimate of drug-likeness (QED) is 0.589. The van der Waals surface area contributed by atoms with E-state index in [9.17, 15) is 9.90 Å². The topological polar surface area (TPSA) is 55.8 Å². The maximum absolute atomic E-state index is 12.7. The second-order valence-corrected chi connectivity index (χ2v) is 9.10. The number of piperazine rings is 1. The van der Waals surface area contributed by atoms with Crippen molar-refractivity contribution in [3.05, 3.63) is 47.0 Å². The van der Waals surface area contributed by atoms with Crippen LogP contribution in [-0.2, 0) is 5.41 Å². The minimum atomic E-state index is -0.650. The zero-order chi connectivity index (χ0) is 20.6. The van der Waals surface area contributed by atoms with Crippen molar-refractivity contribution < 1.29 is 9.90 Å². The number of hydrogen-bond acceptors (Lipinski definition) is 3. The Labute approximate surface area is 177 Å². The van der Waals surface area contributed by atoms with Crippen molar-refractivity contribution in [2.24, 2.45) is 0 Å². The number of urea groups is 1. The molecule has 154 valence electrons. The van der Waals surface area contributed by atoms with E-state index in [-0.39, 0.29) is 11.4 Å². The van der Waals surface area contributed by atoms with Crippen molar-refractivity contribution in [1.82, 2.24) is 15.1 Å². The Morgan fingerprint density at radius 2 is 1.97 bits per heavy atom. The molecule has 2 N–H and O–H groups in total. The molecule has 1 aromatic carbocycles. The Hall–Kier alpha value is -2.00. The SMILES string of the molecule is C=CC(O)N1CCN(C(=O)NC2(C#Cc3ccc(Cl)c(C4(C)CC4)c3)CC2)CC1. The van der Waals surface area contributed by atoms with E-state index in [1.165, 1.54) is 24.5 Å². The summed E-state index contributed by atoms with van der Waals surface area (Å²) < 4.78 is 0. The number of hydrogen-bond donors (Lipinski definition) is 2. The van der Waals surface area contributed by atoms with Gasteiger partial charge in [-0.1, -0.05) is 36.9 Å². The summed E-state index contributed by atoms with van der Waals surface area (Å²) in [4.78, 5) is 16.4. The molecule has 1 heterocycles. The second kappa shape index (κ2) is 7.68. The van der Waals surface area contributed by atoms with Crippen LogP contribution in [0.3, 0.4) is 0 Å². The summed E-state index contributed by atoms with van der Waals surface area (Å²) in [6.07, 6.45) is 4.94. The highest BCUT2D eigenvalue weighted by atomic mass is 35.5. The molecule has 1 atom stereocenters. The molecule has 3 aliphatic rings. The average Bonchev–Trinajstić information content (AvgIpc) is 3.66. The fourth-order valence-corrected chi connectivity index (χ4v) is 4.09. The molecule has 1 saturated heterocycles. The van der Waals surface area contributed by atoms with Crippen molar-refractivity contribution in [1.29, 1.82) is 0 Å². The predicted molar refractivity (Wildman–Crippen MR) is 115 cm³/mol. The molecule has 1 aliphatic heterocycles. The van der Waals surface area contributed by atoms with Crippen molar-refractivity contribution in [2.75, 3.05) is 26.2 Å². The molecule has 29 heavy (non-hydrogen) atoms. The summed E-state index contributed by atoms with van der Waals surface area (Å²) in [5.74, 6) is 6.55. The molecule has 0 bridgehead atoms. The lowest BCUT2D eigenvalue weighted by molar-refractivity contribution is 0.0133. The van der Waals surface area contributed by atoms with Gasteiger partial charge in [0, 0.05) is 36.8 Å². The van der Waals surface area contributed by atoms with Gasteiger partial charge in [0.05, 0.1) is 0 Å². The van der Waals surface area contributed by atoms with Crippen LogP contribution in [0.25, 0.3) is 0 Å². The first-order chi connectivity index (χ1) is 13.8. The first-order valence-electron chi connectivity index (χ1n) is 10.3.